The van der Waals surface area contributed by atoms with Crippen molar-refractivity contribution in [3.05, 3.63) is 78.1 Å². The zero-order valence-corrected chi connectivity index (χ0v) is 14.6. The molecule has 0 radical (unpaired) electrons. The highest BCUT2D eigenvalue weighted by molar-refractivity contribution is 6.02. The molecule has 0 spiro atoms. The van der Waals surface area contributed by atoms with Gasteiger partial charge in [-0.3, -0.25) is 9.59 Å². The van der Waals surface area contributed by atoms with Gasteiger partial charge in [-0.2, -0.15) is 0 Å². The van der Waals surface area contributed by atoms with Crippen LogP contribution in [0.1, 0.15) is 22.3 Å². The van der Waals surface area contributed by atoms with Gasteiger partial charge in [-0.25, -0.2) is 4.39 Å². The third-order valence-corrected chi connectivity index (χ3v) is 4.39. The molecule has 0 atom stereocenters. The van der Waals surface area contributed by atoms with Crippen molar-refractivity contribution in [1.82, 2.24) is 4.90 Å². The molecule has 0 aliphatic carbocycles. The van der Waals surface area contributed by atoms with Gasteiger partial charge in [0.2, 0.25) is 5.91 Å². The summed E-state index contributed by atoms with van der Waals surface area (Å²) in [6, 6.07) is 10.6. The number of rotatable bonds is 4. The Morgan fingerprint density at radius 3 is 2.56 bits per heavy atom. The molecule has 0 aromatic heterocycles. The molecule has 2 aromatic carbocycles. The van der Waals surface area contributed by atoms with E-state index in [4.69, 9.17) is 0 Å². The van der Waals surface area contributed by atoms with Crippen LogP contribution < -0.4 is 5.32 Å². The van der Waals surface area contributed by atoms with Gasteiger partial charge in [0.25, 0.3) is 5.91 Å². The smallest absolute Gasteiger partial charge is 0.257 e. The lowest BCUT2D eigenvalue weighted by molar-refractivity contribution is -0.111. The van der Waals surface area contributed by atoms with E-state index in [0.717, 1.165) is 17.2 Å². The van der Waals surface area contributed by atoms with E-state index in [1.165, 1.54) is 30.3 Å². The van der Waals surface area contributed by atoms with Crippen LogP contribution in [0.5, 0.6) is 5.75 Å². The van der Waals surface area contributed by atoms with Crippen LogP contribution in [0.3, 0.4) is 0 Å². The highest BCUT2D eigenvalue weighted by Crippen LogP contribution is 2.27. The Balaban J connectivity index is 1.75. The Morgan fingerprint density at radius 1 is 1.19 bits per heavy atom. The molecular weight excluding hydrogens is 347 g/mol. The fraction of sp³-hybridized carbons (Fsp3) is 0.143. The summed E-state index contributed by atoms with van der Waals surface area (Å²) in [4.78, 5) is 25.8. The lowest BCUT2D eigenvalue weighted by Gasteiger charge is -2.27. The van der Waals surface area contributed by atoms with Crippen molar-refractivity contribution >= 4 is 23.1 Å². The summed E-state index contributed by atoms with van der Waals surface area (Å²) in [5, 5.41) is 12.6. The minimum atomic E-state index is -0.399. The normalized spacial score (nSPS) is 13.7. The zero-order valence-electron chi connectivity index (χ0n) is 14.6. The largest absolute Gasteiger partial charge is 0.507 e. The van der Waals surface area contributed by atoms with Gasteiger partial charge in [0.05, 0.1) is 5.56 Å². The molecule has 6 heteroatoms. The Hall–Kier alpha value is -3.41. The van der Waals surface area contributed by atoms with Crippen LogP contribution in [0, 0.1) is 5.82 Å². The number of halogens is 1. The van der Waals surface area contributed by atoms with Gasteiger partial charge in [0.1, 0.15) is 11.6 Å². The number of anilines is 1. The van der Waals surface area contributed by atoms with Crippen molar-refractivity contribution in [3.8, 4) is 5.75 Å². The fourth-order valence-corrected chi connectivity index (χ4v) is 2.93. The molecular formula is C21H19FN2O3. The molecule has 0 unspecified atom stereocenters. The number of carbonyl (C=O) groups is 2. The van der Waals surface area contributed by atoms with Gasteiger partial charge in [-0.15, -0.1) is 0 Å². The maximum atomic E-state index is 13.1. The number of nitrogens with zero attached hydrogens (tertiary/aromatic N) is 1. The highest BCUT2D eigenvalue weighted by atomic mass is 19.1. The topological polar surface area (TPSA) is 69.6 Å². The standard InChI is InChI=1S/C21H19FN2O3/c1-2-20(26)23-17-7-8-19(25)18(13-17)21(27)24-11-9-15(10-12-24)14-3-5-16(22)6-4-14/h2-9,13,25H,1,10-12H2,(H,23,26). The SMILES string of the molecule is C=CC(=O)Nc1ccc(O)c(C(=O)N2CC=C(c3ccc(F)cc3)CC2)c1. The van der Waals surface area contributed by atoms with Crippen molar-refractivity contribution in [3.63, 3.8) is 0 Å². The number of hydrogen-bond donors (Lipinski definition) is 2. The second-order valence-corrected chi connectivity index (χ2v) is 6.16. The first-order valence-electron chi connectivity index (χ1n) is 8.48. The molecule has 138 valence electrons. The van der Waals surface area contributed by atoms with Gasteiger partial charge >= 0.3 is 0 Å². The Bertz CT molecular complexity index is 920. The van der Waals surface area contributed by atoms with E-state index in [1.54, 1.807) is 17.0 Å². The molecule has 2 aromatic rings. The molecule has 0 fully saturated rings. The minimum absolute atomic E-state index is 0.121. The van der Waals surface area contributed by atoms with Gasteiger partial charge in [0.15, 0.2) is 0 Å². The van der Waals surface area contributed by atoms with Gasteiger partial charge in [-0.05, 0) is 54.0 Å². The Labute approximate surface area is 156 Å². The van der Waals surface area contributed by atoms with Gasteiger partial charge < -0.3 is 15.3 Å². The number of phenolic OH excluding ortho intramolecular Hbond substituents is 1. The number of phenols is 1. The van der Waals surface area contributed by atoms with Crippen molar-refractivity contribution < 1.29 is 19.1 Å². The average molecular weight is 366 g/mol. The number of hydrogen-bond acceptors (Lipinski definition) is 3. The second-order valence-electron chi connectivity index (χ2n) is 6.16. The minimum Gasteiger partial charge on any atom is -0.507 e. The van der Waals surface area contributed by atoms with Crippen LogP contribution in [0.2, 0.25) is 0 Å². The van der Waals surface area contributed by atoms with E-state index in [-0.39, 0.29) is 23.0 Å². The predicted molar refractivity (Wildman–Crippen MR) is 102 cm³/mol. The molecule has 2 N–H and O–H groups in total. The summed E-state index contributed by atoms with van der Waals surface area (Å²) in [6.07, 6.45) is 3.68. The fourth-order valence-electron chi connectivity index (χ4n) is 2.93. The van der Waals surface area contributed by atoms with E-state index in [2.05, 4.69) is 11.9 Å². The zero-order chi connectivity index (χ0) is 19.4. The summed E-state index contributed by atoms with van der Waals surface area (Å²) in [5.41, 5.74) is 2.51. The number of benzene rings is 2. The molecule has 1 heterocycles. The summed E-state index contributed by atoms with van der Waals surface area (Å²) in [6.45, 7) is 4.24. The van der Waals surface area contributed by atoms with E-state index in [1.807, 2.05) is 6.08 Å². The molecule has 0 saturated carbocycles. The van der Waals surface area contributed by atoms with Crippen LogP contribution >= 0.6 is 0 Å². The predicted octanol–water partition coefficient (Wildman–Crippen LogP) is 3.59. The Kier molecular flexibility index (Phi) is 5.35. The van der Waals surface area contributed by atoms with Crippen molar-refractivity contribution in [1.29, 1.82) is 0 Å². The number of aromatic hydroxyl groups is 1. The summed E-state index contributed by atoms with van der Waals surface area (Å²) in [7, 11) is 0. The molecule has 5 nitrogen and oxygen atoms in total. The summed E-state index contributed by atoms with van der Waals surface area (Å²) < 4.78 is 13.1. The number of carbonyl (C=O) groups excluding carboxylic acids is 2. The monoisotopic (exact) mass is 366 g/mol. The molecule has 27 heavy (non-hydrogen) atoms. The van der Waals surface area contributed by atoms with Gasteiger partial charge in [-0.1, -0.05) is 24.8 Å². The van der Waals surface area contributed by atoms with Crippen LogP contribution in [0.25, 0.3) is 5.57 Å². The number of amides is 2. The van der Waals surface area contributed by atoms with Crippen LogP contribution in [-0.2, 0) is 4.79 Å². The maximum Gasteiger partial charge on any atom is 0.257 e. The molecule has 1 aliphatic rings. The first-order chi connectivity index (χ1) is 13.0. The number of nitrogens with one attached hydrogen (secondary N) is 1. The first kappa shape index (κ1) is 18.4. The van der Waals surface area contributed by atoms with E-state index in [0.29, 0.717) is 25.2 Å². The van der Waals surface area contributed by atoms with E-state index >= 15 is 0 Å². The lowest BCUT2D eigenvalue weighted by Crippen LogP contribution is -2.34. The summed E-state index contributed by atoms with van der Waals surface area (Å²) >= 11 is 0. The average Bonchev–Trinajstić information content (AvgIpc) is 2.69. The third-order valence-electron chi connectivity index (χ3n) is 4.39. The van der Waals surface area contributed by atoms with Crippen molar-refractivity contribution in [2.75, 3.05) is 18.4 Å². The lowest BCUT2D eigenvalue weighted by atomic mass is 9.99. The van der Waals surface area contributed by atoms with Crippen LogP contribution in [0.15, 0.2) is 61.2 Å². The molecule has 1 aliphatic heterocycles. The van der Waals surface area contributed by atoms with Crippen molar-refractivity contribution in [2.24, 2.45) is 0 Å². The molecule has 0 saturated heterocycles. The molecule has 3 rings (SSSR count). The second kappa shape index (κ2) is 7.86. The molecule has 0 bridgehead atoms. The maximum absolute atomic E-state index is 13.1. The van der Waals surface area contributed by atoms with Crippen LogP contribution in [-0.4, -0.2) is 34.9 Å². The molecule has 2 amide bonds. The quantitative estimate of drug-likeness (QED) is 0.642. The summed E-state index contributed by atoms with van der Waals surface area (Å²) in [5.74, 6) is -1.16. The van der Waals surface area contributed by atoms with E-state index in [9.17, 15) is 19.1 Å². The van der Waals surface area contributed by atoms with Crippen molar-refractivity contribution in [2.45, 2.75) is 6.42 Å². The van der Waals surface area contributed by atoms with Crippen LogP contribution in [0.4, 0.5) is 10.1 Å². The Morgan fingerprint density at radius 2 is 1.93 bits per heavy atom. The van der Waals surface area contributed by atoms with E-state index < -0.39 is 5.91 Å². The highest BCUT2D eigenvalue weighted by Gasteiger charge is 2.22. The van der Waals surface area contributed by atoms with Gasteiger partial charge in [0, 0.05) is 18.8 Å². The first-order valence-corrected chi connectivity index (χ1v) is 8.48. The third kappa shape index (κ3) is 4.23.